The minimum atomic E-state index is -0.418. The van der Waals surface area contributed by atoms with Crippen LogP contribution in [0.4, 0.5) is 5.69 Å². The van der Waals surface area contributed by atoms with Gasteiger partial charge in [-0.2, -0.15) is 0 Å². The minimum absolute atomic E-state index is 0.191. The largest absolute Gasteiger partial charge is 0.484 e. The molecule has 27 heavy (non-hydrogen) atoms. The smallest absolute Gasteiger partial charge is 0.258 e. The second-order valence-electron chi connectivity index (χ2n) is 5.75. The van der Waals surface area contributed by atoms with Gasteiger partial charge in [-0.1, -0.05) is 53.5 Å². The Morgan fingerprint density at radius 1 is 0.889 bits per heavy atom. The maximum atomic E-state index is 11.9. The molecule has 5 nitrogen and oxygen atoms in total. The van der Waals surface area contributed by atoms with Gasteiger partial charge in [-0.3, -0.25) is 9.59 Å². The number of fused-ring (bicyclic) bond motifs is 1. The molecule has 0 radical (unpaired) electrons. The molecule has 0 aliphatic carbocycles. The third-order valence-electron chi connectivity index (χ3n) is 3.74. The van der Waals surface area contributed by atoms with Gasteiger partial charge in [0.05, 0.1) is 17.3 Å². The molecule has 2 amide bonds. The summed E-state index contributed by atoms with van der Waals surface area (Å²) in [5.74, 6) is -0.243. The molecule has 3 rings (SSSR count). The van der Waals surface area contributed by atoms with E-state index in [4.69, 9.17) is 27.9 Å². The predicted molar refractivity (Wildman–Crippen MR) is 108 cm³/mol. The van der Waals surface area contributed by atoms with Gasteiger partial charge in [-0.25, -0.2) is 0 Å². The molecule has 3 aromatic rings. The monoisotopic (exact) mass is 402 g/mol. The molecule has 0 spiro atoms. The third kappa shape index (κ3) is 5.36. The summed E-state index contributed by atoms with van der Waals surface area (Å²) in [6, 6.07) is 18.2. The van der Waals surface area contributed by atoms with Crippen LogP contribution < -0.4 is 15.4 Å². The topological polar surface area (TPSA) is 67.4 Å². The van der Waals surface area contributed by atoms with Crippen LogP contribution in [-0.4, -0.2) is 25.0 Å². The van der Waals surface area contributed by atoms with Crippen LogP contribution in [0.15, 0.2) is 60.7 Å². The highest BCUT2D eigenvalue weighted by Gasteiger charge is 2.09. The van der Waals surface area contributed by atoms with Crippen molar-refractivity contribution in [1.82, 2.24) is 5.32 Å². The Morgan fingerprint density at radius 2 is 1.67 bits per heavy atom. The Hall–Kier alpha value is -2.76. The Kier molecular flexibility index (Phi) is 6.16. The molecule has 7 heteroatoms. The van der Waals surface area contributed by atoms with Crippen molar-refractivity contribution in [3.05, 3.63) is 70.7 Å². The van der Waals surface area contributed by atoms with E-state index in [-0.39, 0.29) is 13.2 Å². The van der Waals surface area contributed by atoms with Crippen molar-refractivity contribution in [2.24, 2.45) is 0 Å². The van der Waals surface area contributed by atoms with E-state index in [9.17, 15) is 9.59 Å². The third-order valence-corrected chi connectivity index (χ3v) is 4.30. The number of anilines is 1. The summed E-state index contributed by atoms with van der Waals surface area (Å²) in [6.45, 7) is -0.397. The van der Waals surface area contributed by atoms with Crippen LogP contribution in [0.2, 0.25) is 10.0 Å². The summed E-state index contributed by atoms with van der Waals surface area (Å²) in [4.78, 5) is 23.8. The van der Waals surface area contributed by atoms with Crippen molar-refractivity contribution in [1.29, 1.82) is 0 Å². The summed E-state index contributed by atoms with van der Waals surface area (Å²) < 4.78 is 5.48. The van der Waals surface area contributed by atoms with Gasteiger partial charge < -0.3 is 15.4 Å². The van der Waals surface area contributed by atoms with Crippen LogP contribution in [0.5, 0.6) is 5.75 Å². The molecule has 0 aromatic heterocycles. The molecule has 0 atom stereocenters. The van der Waals surface area contributed by atoms with E-state index in [0.717, 1.165) is 10.8 Å². The second kappa shape index (κ2) is 8.75. The zero-order chi connectivity index (χ0) is 19.2. The van der Waals surface area contributed by atoms with E-state index in [1.165, 1.54) is 6.07 Å². The number of rotatable bonds is 6. The first-order valence-corrected chi connectivity index (χ1v) is 8.90. The number of hydrogen-bond acceptors (Lipinski definition) is 3. The predicted octanol–water partition coefficient (Wildman–Crippen LogP) is 4.28. The number of halogens is 2. The molecule has 0 saturated carbocycles. The number of hydrogen-bond donors (Lipinski definition) is 2. The molecule has 0 aliphatic rings. The van der Waals surface area contributed by atoms with Crippen molar-refractivity contribution in [3.8, 4) is 5.75 Å². The standard InChI is InChI=1S/C20H16Cl2N2O3/c21-15-6-8-17(22)18(10-15)24-19(25)11-23-20(26)12-27-16-7-5-13-3-1-2-4-14(13)9-16/h1-10H,11-12H2,(H,23,26)(H,24,25). The van der Waals surface area contributed by atoms with Gasteiger partial charge in [0.25, 0.3) is 5.91 Å². The van der Waals surface area contributed by atoms with E-state index in [1.54, 1.807) is 18.2 Å². The lowest BCUT2D eigenvalue weighted by atomic mass is 10.1. The molecular weight excluding hydrogens is 387 g/mol. The van der Waals surface area contributed by atoms with Gasteiger partial charge in [-0.15, -0.1) is 0 Å². The Morgan fingerprint density at radius 3 is 2.48 bits per heavy atom. The fraction of sp³-hybridized carbons (Fsp3) is 0.100. The molecule has 0 heterocycles. The summed E-state index contributed by atoms with van der Waals surface area (Å²) in [5, 5.41) is 8.00. The number of ether oxygens (including phenoxy) is 1. The Bertz CT molecular complexity index is 992. The number of nitrogens with one attached hydrogen (secondary N) is 2. The van der Waals surface area contributed by atoms with Crippen LogP contribution >= 0.6 is 23.2 Å². The molecule has 0 fully saturated rings. The average molecular weight is 403 g/mol. The normalized spacial score (nSPS) is 10.4. The van der Waals surface area contributed by atoms with Crippen LogP contribution in [0, 0.1) is 0 Å². The van der Waals surface area contributed by atoms with Crippen LogP contribution in [0.3, 0.4) is 0 Å². The van der Waals surface area contributed by atoms with Crippen LogP contribution in [0.25, 0.3) is 10.8 Å². The van der Waals surface area contributed by atoms with Gasteiger partial charge in [0.2, 0.25) is 5.91 Å². The van der Waals surface area contributed by atoms with Crippen LogP contribution in [-0.2, 0) is 9.59 Å². The molecule has 2 N–H and O–H groups in total. The highest BCUT2D eigenvalue weighted by molar-refractivity contribution is 6.35. The maximum Gasteiger partial charge on any atom is 0.258 e. The van der Waals surface area contributed by atoms with Gasteiger partial charge in [0.15, 0.2) is 6.61 Å². The quantitative estimate of drug-likeness (QED) is 0.646. The highest BCUT2D eigenvalue weighted by atomic mass is 35.5. The number of carbonyl (C=O) groups excluding carboxylic acids is 2. The van der Waals surface area contributed by atoms with Crippen molar-refractivity contribution >= 4 is 51.5 Å². The zero-order valence-electron chi connectivity index (χ0n) is 14.2. The molecule has 0 aliphatic heterocycles. The van der Waals surface area contributed by atoms with E-state index in [1.807, 2.05) is 36.4 Å². The average Bonchev–Trinajstić information content (AvgIpc) is 2.67. The highest BCUT2D eigenvalue weighted by Crippen LogP contribution is 2.25. The lowest BCUT2D eigenvalue weighted by Crippen LogP contribution is -2.35. The molecular formula is C20H16Cl2N2O3. The SMILES string of the molecule is O=C(COc1ccc2ccccc2c1)NCC(=O)Nc1cc(Cl)ccc1Cl. The van der Waals surface area contributed by atoms with Gasteiger partial charge in [-0.05, 0) is 41.1 Å². The first kappa shape index (κ1) is 19.0. The lowest BCUT2D eigenvalue weighted by molar-refractivity contribution is -0.125. The van der Waals surface area contributed by atoms with E-state index >= 15 is 0 Å². The number of carbonyl (C=O) groups is 2. The van der Waals surface area contributed by atoms with Crippen molar-refractivity contribution in [3.63, 3.8) is 0 Å². The maximum absolute atomic E-state index is 11.9. The Labute approximate surface area is 166 Å². The summed E-state index contributed by atoms with van der Waals surface area (Å²) in [5.41, 5.74) is 0.385. The first-order valence-electron chi connectivity index (χ1n) is 8.14. The second-order valence-corrected chi connectivity index (χ2v) is 6.59. The molecule has 0 bridgehead atoms. The summed E-state index contributed by atoms with van der Waals surface area (Å²) in [6.07, 6.45) is 0. The zero-order valence-corrected chi connectivity index (χ0v) is 15.7. The fourth-order valence-corrected chi connectivity index (χ4v) is 2.76. The van der Waals surface area contributed by atoms with Crippen molar-refractivity contribution in [2.75, 3.05) is 18.5 Å². The minimum Gasteiger partial charge on any atom is -0.484 e. The molecule has 0 saturated heterocycles. The fourth-order valence-electron chi connectivity index (χ4n) is 2.42. The summed E-state index contributed by atoms with van der Waals surface area (Å²) in [7, 11) is 0. The first-order chi connectivity index (χ1) is 13.0. The summed E-state index contributed by atoms with van der Waals surface area (Å²) >= 11 is 11.8. The lowest BCUT2D eigenvalue weighted by Gasteiger charge is -2.10. The van der Waals surface area contributed by atoms with Crippen LogP contribution in [0.1, 0.15) is 0 Å². The molecule has 138 valence electrons. The van der Waals surface area contributed by atoms with E-state index < -0.39 is 11.8 Å². The van der Waals surface area contributed by atoms with E-state index in [0.29, 0.717) is 21.5 Å². The Balaban J connectivity index is 1.47. The van der Waals surface area contributed by atoms with Gasteiger partial charge in [0.1, 0.15) is 5.75 Å². The van der Waals surface area contributed by atoms with Crippen molar-refractivity contribution in [2.45, 2.75) is 0 Å². The van der Waals surface area contributed by atoms with Gasteiger partial charge >= 0.3 is 0 Å². The molecule has 0 unspecified atom stereocenters. The van der Waals surface area contributed by atoms with E-state index in [2.05, 4.69) is 10.6 Å². The number of amides is 2. The van der Waals surface area contributed by atoms with Crippen molar-refractivity contribution < 1.29 is 14.3 Å². The molecule has 3 aromatic carbocycles. The number of benzene rings is 3. The van der Waals surface area contributed by atoms with Gasteiger partial charge in [0, 0.05) is 5.02 Å².